The highest BCUT2D eigenvalue weighted by molar-refractivity contribution is 5.78. The van der Waals surface area contributed by atoms with Crippen LogP contribution in [0.1, 0.15) is 41.5 Å². The SMILES string of the molecule is CC(C)C(=O)N1CC(C(C)C(C)(C)C)C1. The van der Waals surface area contributed by atoms with Crippen molar-refractivity contribution in [2.24, 2.45) is 23.2 Å². The largest absolute Gasteiger partial charge is 0.342 e. The van der Waals surface area contributed by atoms with Gasteiger partial charge in [0, 0.05) is 19.0 Å². The molecule has 0 bridgehead atoms. The normalized spacial score (nSPS) is 20.3. The molecule has 2 heteroatoms. The molecule has 1 unspecified atom stereocenters. The van der Waals surface area contributed by atoms with Gasteiger partial charge >= 0.3 is 0 Å². The van der Waals surface area contributed by atoms with Crippen molar-refractivity contribution in [2.45, 2.75) is 41.5 Å². The average molecular weight is 211 g/mol. The van der Waals surface area contributed by atoms with Gasteiger partial charge in [-0.05, 0) is 17.3 Å². The fraction of sp³-hybridized carbons (Fsp3) is 0.923. The van der Waals surface area contributed by atoms with E-state index in [2.05, 4.69) is 27.7 Å². The second-order valence-electron chi connectivity index (χ2n) is 6.31. The topological polar surface area (TPSA) is 20.3 Å². The van der Waals surface area contributed by atoms with E-state index in [4.69, 9.17) is 0 Å². The van der Waals surface area contributed by atoms with E-state index in [1.165, 1.54) is 0 Å². The summed E-state index contributed by atoms with van der Waals surface area (Å²) in [7, 11) is 0. The Morgan fingerprint density at radius 1 is 1.20 bits per heavy atom. The van der Waals surface area contributed by atoms with Gasteiger partial charge in [-0.1, -0.05) is 41.5 Å². The smallest absolute Gasteiger partial charge is 0.225 e. The van der Waals surface area contributed by atoms with E-state index in [1.807, 2.05) is 18.7 Å². The molecule has 1 aliphatic rings. The number of hydrogen-bond donors (Lipinski definition) is 0. The molecule has 0 radical (unpaired) electrons. The van der Waals surface area contributed by atoms with Gasteiger partial charge in [-0.25, -0.2) is 0 Å². The number of nitrogens with zero attached hydrogens (tertiary/aromatic N) is 1. The minimum absolute atomic E-state index is 0.149. The predicted molar refractivity (Wildman–Crippen MR) is 63.5 cm³/mol. The summed E-state index contributed by atoms with van der Waals surface area (Å²) in [4.78, 5) is 13.7. The molecule has 0 aromatic rings. The Kier molecular flexibility index (Phi) is 3.47. The Labute approximate surface area is 94.0 Å². The molecule has 1 aliphatic heterocycles. The van der Waals surface area contributed by atoms with Gasteiger partial charge < -0.3 is 4.90 Å². The first-order valence-corrected chi connectivity index (χ1v) is 6.02. The maximum absolute atomic E-state index is 11.7. The molecule has 0 aliphatic carbocycles. The summed E-state index contributed by atoms with van der Waals surface area (Å²) in [5.74, 6) is 1.85. The van der Waals surface area contributed by atoms with E-state index in [0.29, 0.717) is 23.2 Å². The molecule has 1 rings (SSSR count). The van der Waals surface area contributed by atoms with Crippen LogP contribution in [0, 0.1) is 23.2 Å². The van der Waals surface area contributed by atoms with Crippen molar-refractivity contribution in [3.05, 3.63) is 0 Å². The maximum atomic E-state index is 11.7. The highest BCUT2D eigenvalue weighted by atomic mass is 16.2. The van der Waals surface area contributed by atoms with Gasteiger partial charge in [0.05, 0.1) is 0 Å². The van der Waals surface area contributed by atoms with Crippen molar-refractivity contribution in [2.75, 3.05) is 13.1 Å². The van der Waals surface area contributed by atoms with Crippen molar-refractivity contribution in [3.8, 4) is 0 Å². The molecule has 88 valence electrons. The molecule has 1 atom stereocenters. The zero-order valence-corrected chi connectivity index (χ0v) is 11.0. The van der Waals surface area contributed by atoms with Gasteiger partial charge in [0.1, 0.15) is 0 Å². The van der Waals surface area contributed by atoms with Crippen LogP contribution in [0.5, 0.6) is 0 Å². The molecule has 2 nitrogen and oxygen atoms in total. The molecule has 0 aromatic carbocycles. The Morgan fingerprint density at radius 2 is 1.67 bits per heavy atom. The van der Waals surface area contributed by atoms with Crippen molar-refractivity contribution in [1.82, 2.24) is 4.90 Å². The first-order chi connectivity index (χ1) is 6.73. The van der Waals surface area contributed by atoms with Crippen molar-refractivity contribution in [3.63, 3.8) is 0 Å². The number of amides is 1. The monoisotopic (exact) mass is 211 g/mol. The lowest BCUT2D eigenvalue weighted by Gasteiger charge is -2.47. The Bertz CT molecular complexity index is 233. The zero-order valence-electron chi connectivity index (χ0n) is 11.0. The standard InChI is InChI=1S/C13H25NO/c1-9(2)12(15)14-7-11(8-14)10(3)13(4,5)6/h9-11H,7-8H2,1-6H3. The maximum Gasteiger partial charge on any atom is 0.225 e. The zero-order chi connectivity index (χ0) is 11.8. The van der Waals surface area contributed by atoms with Crippen LogP contribution in [0.15, 0.2) is 0 Å². The van der Waals surface area contributed by atoms with E-state index < -0.39 is 0 Å². The molecular weight excluding hydrogens is 186 g/mol. The fourth-order valence-corrected chi connectivity index (χ4v) is 2.08. The summed E-state index contributed by atoms with van der Waals surface area (Å²) < 4.78 is 0. The number of carbonyl (C=O) groups is 1. The number of carbonyl (C=O) groups excluding carboxylic acids is 1. The van der Waals surface area contributed by atoms with Gasteiger partial charge in [0.15, 0.2) is 0 Å². The second-order valence-corrected chi connectivity index (χ2v) is 6.31. The summed E-state index contributed by atoms with van der Waals surface area (Å²) in [5, 5.41) is 0. The van der Waals surface area contributed by atoms with Crippen molar-refractivity contribution >= 4 is 5.91 Å². The third kappa shape index (κ3) is 2.73. The van der Waals surface area contributed by atoms with E-state index in [-0.39, 0.29) is 5.92 Å². The average Bonchev–Trinajstić information content (AvgIpc) is 1.98. The highest BCUT2D eigenvalue weighted by Crippen LogP contribution is 2.36. The van der Waals surface area contributed by atoms with Crippen LogP contribution in [0.3, 0.4) is 0 Å². The quantitative estimate of drug-likeness (QED) is 0.688. The van der Waals surface area contributed by atoms with E-state index >= 15 is 0 Å². The van der Waals surface area contributed by atoms with E-state index in [1.54, 1.807) is 0 Å². The third-order valence-corrected chi connectivity index (χ3v) is 3.79. The molecule has 0 aromatic heterocycles. The van der Waals surface area contributed by atoms with Crippen LogP contribution < -0.4 is 0 Å². The Balaban J connectivity index is 2.41. The van der Waals surface area contributed by atoms with Crippen LogP contribution in [-0.4, -0.2) is 23.9 Å². The number of hydrogen-bond acceptors (Lipinski definition) is 1. The van der Waals surface area contributed by atoms with Gasteiger partial charge in [0.25, 0.3) is 0 Å². The van der Waals surface area contributed by atoms with Gasteiger partial charge in [-0.2, -0.15) is 0 Å². The molecule has 0 saturated carbocycles. The predicted octanol–water partition coefficient (Wildman–Crippen LogP) is 2.78. The lowest BCUT2D eigenvalue weighted by atomic mass is 9.71. The summed E-state index contributed by atoms with van der Waals surface area (Å²) in [6, 6.07) is 0. The Morgan fingerprint density at radius 3 is 2.00 bits per heavy atom. The number of rotatable bonds is 2. The Hall–Kier alpha value is -0.530. The minimum atomic E-state index is 0.149. The van der Waals surface area contributed by atoms with Crippen LogP contribution in [0.25, 0.3) is 0 Å². The molecule has 15 heavy (non-hydrogen) atoms. The highest BCUT2D eigenvalue weighted by Gasteiger charge is 2.38. The molecule has 0 N–H and O–H groups in total. The molecule has 1 heterocycles. The third-order valence-electron chi connectivity index (χ3n) is 3.79. The molecule has 0 spiro atoms. The summed E-state index contributed by atoms with van der Waals surface area (Å²) in [5.41, 5.74) is 0.359. The number of likely N-dealkylation sites (tertiary alicyclic amines) is 1. The second kappa shape index (κ2) is 4.15. The summed E-state index contributed by atoms with van der Waals surface area (Å²) >= 11 is 0. The van der Waals surface area contributed by atoms with Crippen LogP contribution in [-0.2, 0) is 4.79 Å². The van der Waals surface area contributed by atoms with E-state index in [9.17, 15) is 4.79 Å². The molecule has 1 saturated heterocycles. The fourth-order valence-electron chi connectivity index (χ4n) is 2.08. The van der Waals surface area contributed by atoms with Crippen LogP contribution in [0.4, 0.5) is 0 Å². The van der Waals surface area contributed by atoms with Crippen molar-refractivity contribution < 1.29 is 4.79 Å². The van der Waals surface area contributed by atoms with Crippen LogP contribution in [0.2, 0.25) is 0 Å². The van der Waals surface area contributed by atoms with Crippen molar-refractivity contribution in [1.29, 1.82) is 0 Å². The summed E-state index contributed by atoms with van der Waals surface area (Å²) in [6.45, 7) is 15.0. The minimum Gasteiger partial charge on any atom is -0.342 e. The first-order valence-electron chi connectivity index (χ1n) is 6.02. The molecular formula is C13H25NO. The van der Waals surface area contributed by atoms with Crippen LogP contribution >= 0.6 is 0 Å². The lowest BCUT2D eigenvalue weighted by molar-refractivity contribution is -0.143. The molecule has 1 fully saturated rings. The summed E-state index contributed by atoms with van der Waals surface area (Å²) in [6.07, 6.45) is 0. The molecule has 1 amide bonds. The first kappa shape index (κ1) is 12.5. The van der Waals surface area contributed by atoms with E-state index in [0.717, 1.165) is 13.1 Å². The lowest BCUT2D eigenvalue weighted by Crippen LogP contribution is -2.55. The van der Waals surface area contributed by atoms with Gasteiger partial charge in [-0.15, -0.1) is 0 Å². The van der Waals surface area contributed by atoms with Gasteiger partial charge in [0.2, 0.25) is 5.91 Å². The van der Waals surface area contributed by atoms with Gasteiger partial charge in [-0.3, -0.25) is 4.79 Å².